The van der Waals surface area contributed by atoms with Crippen LogP contribution in [-0.2, 0) is 4.79 Å². The number of aliphatic hydroxyl groups excluding tert-OH is 1. The van der Waals surface area contributed by atoms with Gasteiger partial charge in [0.1, 0.15) is 6.29 Å². The van der Waals surface area contributed by atoms with Crippen LogP contribution in [-0.4, -0.2) is 18.5 Å². The van der Waals surface area contributed by atoms with Gasteiger partial charge in [0.15, 0.2) is 0 Å². The number of allylic oxidation sites excluding steroid dienone is 4. The Kier molecular flexibility index (Phi) is 15.9. The summed E-state index contributed by atoms with van der Waals surface area (Å²) in [6.45, 7) is 8.05. The Morgan fingerprint density at radius 2 is 1.75 bits per heavy atom. The number of carbonyl (C=O) groups is 1. The second-order valence-corrected chi connectivity index (χ2v) is 3.62. The fourth-order valence-corrected chi connectivity index (χ4v) is 1.64. The number of carbonyl (C=O) groups excluding carboxylic acids is 1. The molecule has 0 aromatic heterocycles. The maximum absolute atomic E-state index is 11.2. The molecule has 0 radical (unpaired) electrons. The minimum atomic E-state index is -0.144. The number of hydrogen-bond donors (Lipinski definition) is 1. The molecule has 0 amide bonds. The van der Waals surface area contributed by atoms with E-state index in [2.05, 4.69) is 13.0 Å². The van der Waals surface area contributed by atoms with Gasteiger partial charge in [0.2, 0.25) is 0 Å². The van der Waals surface area contributed by atoms with E-state index < -0.39 is 0 Å². The quantitative estimate of drug-likeness (QED) is 0.634. The summed E-state index contributed by atoms with van der Waals surface area (Å²) in [6.07, 6.45) is 8.10. The minimum absolute atomic E-state index is 0.144. The maximum atomic E-state index is 11.2. The summed E-state index contributed by atoms with van der Waals surface area (Å²) in [5.41, 5.74) is 2.11. The Morgan fingerprint density at radius 3 is 2.15 bits per heavy atom. The van der Waals surface area contributed by atoms with Crippen molar-refractivity contribution >= 4 is 6.29 Å². The Hall–Kier alpha value is -1.67. The molecular weight excluding hydrogens is 248 g/mol. The summed E-state index contributed by atoms with van der Waals surface area (Å²) in [7, 11) is 1.00. The molecule has 0 spiro atoms. The van der Waals surface area contributed by atoms with E-state index in [0.717, 1.165) is 31.0 Å². The van der Waals surface area contributed by atoms with Crippen molar-refractivity contribution in [2.24, 2.45) is 0 Å². The van der Waals surface area contributed by atoms with Gasteiger partial charge in [-0.25, -0.2) is 0 Å². The van der Waals surface area contributed by atoms with Crippen LogP contribution in [0.3, 0.4) is 0 Å². The molecule has 0 aliphatic heterocycles. The summed E-state index contributed by atoms with van der Waals surface area (Å²) in [4.78, 5) is 11.2. The van der Waals surface area contributed by atoms with Crippen LogP contribution in [0, 0.1) is 0 Å². The van der Waals surface area contributed by atoms with Gasteiger partial charge in [0, 0.05) is 7.11 Å². The standard InChI is InChI=1S/C15H18O.C2H6.CH4O/c1-3-5-9-13(4-2)15(12-16)14-10-7-6-8-11-14;2*1-2/h4-12,15H,3H2,1-2H3;1-2H3;2H,1H3/b9-5-,13-4+;;. The van der Waals surface area contributed by atoms with Crippen LogP contribution in [0.4, 0.5) is 0 Å². The van der Waals surface area contributed by atoms with E-state index in [4.69, 9.17) is 5.11 Å². The van der Waals surface area contributed by atoms with Crippen LogP contribution in [0.2, 0.25) is 0 Å². The molecule has 2 heteroatoms. The zero-order valence-electron chi connectivity index (χ0n) is 13.3. The molecule has 0 aliphatic rings. The first kappa shape index (κ1) is 20.6. The highest BCUT2D eigenvalue weighted by Crippen LogP contribution is 2.23. The molecule has 1 aromatic carbocycles. The molecule has 0 aliphatic carbocycles. The van der Waals surface area contributed by atoms with Crippen LogP contribution in [0.5, 0.6) is 0 Å². The van der Waals surface area contributed by atoms with Crippen LogP contribution in [0.25, 0.3) is 0 Å². The van der Waals surface area contributed by atoms with Crippen molar-refractivity contribution in [3.63, 3.8) is 0 Å². The van der Waals surface area contributed by atoms with E-state index in [1.54, 1.807) is 0 Å². The van der Waals surface area contributed by atoms with Crippen molar-refractivity contribution in [2.45, 2.75) is 40.0 Å². The third-order valence-electron chi connectivity index (χ3n) is 2.53. The molecule has 2 nitrogen and oxygen atoms in total. The Balaban J connectivity index is 0. The van der Waals surface area contributed by atoms with E-state index in [9.17, 15) is 4.79 Å². The lowest BCUT2D eigenvalue weighted by Crippen LogP contribution is -2.02. The van der Waals surface area contributed by atoms with Crippen molar-refractivity contribution in [3.8, 4) is 0 Å². The van der Waals surface area contributed by atoms with Crippen molar-refractivity contribution in [1.29, 1.82) is 0 Å². The lowest BCUT2D eigenvalue weighted by molar-refractivity contribution is -0.108. The molecule has 1 N–H and O–H groups in total. The lowest BCUT2D eigenvalue weighted by atomic mass is 9.92. The molecule has 0 bridgehead atoms. The van der Waals surface area contributed by atoms with Crippen LogP contribution < -0.4 is 0 Å². The van der Waals surface area contributed by atoms with E-state index in [-0.39, 0.29) is 5.92 Å². The van der Waals surface area contributed by atoms with Crippen molar-refractivity contribution in [2.75, 3.05) is 7.11 Å². The zero-order chi connectivity index (χ0) is 15.8. The highest BCUT2D eigenvalue weighted by molar-refractivity contribution is 5.69. The van der Waals surface area contributed by atoms with Crippen LogP contribution in [0.15, 0.2) is 54.1 Å². The molecule has 0 fully saturated rings. The molecule has 0 heterocycles. The molecule has 20 heavy (non-hydrogen) atoms. The number of aliphatic hydroxyl groups is 1. The third-order valence-corrected chi connectivity index (χ3v) is 2.53. The molecule has 112 valence electrons. The topological polar surface area (TPSA) is 37.3 Å². The van der Waals surface area contributed by atoms with Crippen molar-refractivity contribution < 1.29 is 9.90 Å². The van der Waals surface area contributed by atoms with Gasteiger partial charge < -0.3 is 9.90 Å². The highest BCUT2D eigenvalue weighted by atomic mass is 16.2. The van der Waals surface area contributed by atoms with E-state index in [1.807, 2.05) is 63.3 Å². The molecule has 1 unspecified atom stereocenters. The van der Waals surface area contributed by atoms with Gasteiger partial charge in [0.25, 0.3) is 0 Å². The van der Waals surface area contributed by atoms with Crippen molar-refractivity contribution in [1.82, 2.24) is 0 Å². The summed E-state index contributed by atoms with van der Waals surface area (Å²) in [5.74, 6) is -0.144. The number of rotatable bonds is 5. The van der Waals surface area contributed by atoms with Crippen LogP contribution >= 0.6 is 0 Å². The molecular formula is C18H28O2. The predicted octanol–water partition coefficient (Wildman–Crippen LogP) is 4.52. The molecule has 1 aromatic rings. The molecule has 0 saturated carbocycles. The first-order valence-electron chi connectivity index (χ1n) is 7.11. The second-order valence-electron chi connectivity index (χ2n) is 3.62. The largest absolute Gasteiger partial charge is 0.400 e. The van der Waals surface area contributed by atoms with Gasteiger partial charge in [-0.2, -0.15) is 0 Å². The van der Waals surface area contributed by atoms with E-state index in [0.29, 0.717) is 0 Å². The zero-order valence-corrected chi connectivity index (χ0v) is 13.3. The molecule has 1 rings (SSSR count). The minimum Gasteiger partial charge on any atom is -0.400 e. The monoisotopic (exact) mass is 276 g/mol. The van der Waals surface area contributed by atoms with Gasteiger partial charge in [-0.15, -0.1) is 0 Å². The first-order valence-corrected chi connectivity index (χ1v) is 7.11. The summed E-state index contributed by atoms with van der Waals surface area (Å²) in [6, 6.07) is 9.86. The summed E-state index contributed by atoms with van der Waals surface area (Å²) < 4.78 is 0. The Labute approximate surface area is 123 Å². The number of benzene rings is 1. The summed E-state index contributed by atoms with van der Waals surface area (Å²) >= 11 is 0. The van der Waals surface area contributed by atoms with Gasteiger partial charge in [0.05, 0.1) is 5.92 Å². The average molecular weight is 276 g/mol. The highest BCUT2D eigenvalue weighted by Gasteiger charge is 2.12. The van der Waals surface area contributed by atoms with Gasteiger partial charge in [-0.05, 0) is 24.5 Å². The van der Waals surface area contributed by atoms with Gasteiger partial charge in [-0.1, -0.05) is 69.3 Å². The predicted molar refractivity (Wildman–Crippen MR) is 87.9 cm³/mol. The second kappa shape index (κ2) is 15.4. The average Bonchev–Trinajstić information content (AvgIpc) is 2.56. The van der Waals surface area contributed by atoms with Crippen molar-refractivity contribution in [3.05, 3.63) is 59.7 Å². The Morgan fingerprint density at radius 1 is 1.20 bits per heavy atom. The third kappa shape index (κ3) is 7.70. The smallest absolute Gasteiger partial charge is 0.131 e. The van der Waals surface area contributed by atoms with Gasteiger partial charge >= 0.3 is 0 Å². The summed E-state index contributed by atoms with van der Waals surface area (Å²) in [5, 5.41) is 7.00. The van der Waals surface area contributed by atoms with Crippen LogP contribution in [0.1, 0.15) is 45.6 Å². The number of hydrogen-bond acceptors (Lipinski definition) is 2. The Bertz CT molecular complexity index is 378. The maximum Gasteiger partial charge on any atom is 0.131 e. The molecule has 1 atom stereocenters. The fourth-order valence-electron chi connectivity index (χ4n) is 1.64. The SMILES string of the molecule is C/C=C(\C=C/CC)C(C=O)c1ccccc1.CC.CO. The number of aldehydes is 1. The van der Waals surface area contributed by atoms with E-state index >= 15 is 0 Å². The van der Waals surface area contributed by atoms with E-state index in [1.165, 1.54) is 0 Å². The van der Waals surface area contributed by atoms with Gasteiger partial charge in [-0.3, -0.25) is 0 Å². The normalized spacial score (nSPS) is 11.8. The molecule has 0 saturated heterocycles. The lowest BCUT2D eigenvalue weighted by Gasteiger charge is -2.11. The fraction of sp³-hybridized carbons (Fsp3) is 0.389. The first-order chi connectivity index (χ1) is 9.83.